The maximum Gasteiger partial charge on any atom is 0.0530 e. The lowest BCUT2D eigenvalue weighted by molar-refractivity contribution is 0.0176. The zero-order valence-corrected chi connectivity index (χ0v) is 9.23. The first kappa shape index (κ1) is 11.0. The molecule has 1 saturated carbocycles. The molecule has 0 spiro atoms. The first-order valence-electron chi connectivity index (χ1n) is 5.38. The van der Waals surface area contributed by atoms with Crippen LogP contribution in [0, 0.1) is 11.3 Å². The summed E-state index contributed by atoms with van der Waals surface area (Å²) in [5, 5.41) is 3.53. The topological polar surface area (TPSA) is 21.3 Å². The van der Waals surface area contributed by atoms with Gasteiger partial charge in [-0.15, -0.1) is 0 Å². The number of hydrogen-bond donors (Lipinski definition) is 1. The van der Waals surface area contributed by atoms with Gasteiger partial charge in [-0.1, -0.05) is 20.3 Å². The van der Waals surface area contributed by atoms with Crippen molar-refractivity contribution in [1.29, 1.82) is 0 Å². The van der Waals surface area contributed by atoms with Crippen LogP contribution in [0.4, 0.5) is 0 Å². The largest absolute Gasteiger partial charge is 0.384 e. The second-order valence-electron chi connectivity index (χ2n) is 4.81. The minimum absolute atomic E-state index is 0.476. The summed E-state index contributed by atoms with van der Waals surface area (Å²) in [5.41, 5.74) is 0.476. The second kappa shape index (κ2) is 4.97. The van der Waals surface area contributed by atoms with Gasteiger partial charge in [0, 0.05) is 19.1 Å². The molecule has 1 aliphatic carbocycles. The maximum absolute atomic E-state index is 5.27. The molecular formula is C11H23NO. The SMILES string of the molecule is COCC1(CNCC(C)C)CCC1. The fraction of sp³-hybridized carbons (Fsp3) is 1.00. The molecule has 1 rings (SSSR count). The Hall–Kier alpha value is -0.0800. The van der Waals surface area contributed by atoms with E-state index in [1.54, 1.807) is 0 Å². The summed E-state index contributed by atoms with van der Waals surface area (Å²) >= 11 is 0. The molecule has 0 heterocycles. The first-order chi connectivity index (χ1) is 6.18. The molecule has 0 atom stereocenters. The Balaban J connectivity index is 2.16. The number of nitrogens with one attached hydrogen (secondary N) is 1. The van der Waals surface area contributed by atoms with Gasteiger partial charge in [0.05, 0.1) is 6.61 Å². The standard InChI is InChI=1S/C11H23NO/c1-10(2)7-12-8-11(9-13-3)5-4-6-11/h10,12H,4-9H2,1-3H3. The van der Waals surface area contributed by atoms with Crippen LogP contribution in [0.15, 0.2) is 0 Å². The van der Waals surface area contributed by atoms with Crippen LogP contribution in [0.3, 0.4) is 0 Å². The van der Waals surface area contributed by atoms with Gasteiger partial charge < -0.3 is 10.1 Å². The second-order valence-corrected chi connectivity index (χ2v) is 4.81. The smallest absolute Gasteiger partial charge is 0.0530 e. The van der Waals surface area contributed by atoms with Crippen LogP contribution in [-0.2, 0) is 4.74 Å². The summed E-state index contributed by atoms with van der Waals surface area (Å²) in [6.45, 7) is 7.69. The van der Waals surface area contributed by atoms with E-state index >= 15 is 0 Å². The molecule has 0 aromatic rings. The molecule has 78 valence electrons. The van der Waals surface area contributed by atoms with Gasteiger partial charge in [-0.25, -0.2) is 0 Å². The third-order valence-corrected chi connectivity index (χ3v) is 2.92. The van der Waals surface area contributed by atoms with Crippen molar-refractivity contribution in [1.82, 2.24) is 5.32 Å². The highest BCUT2D eigenvalue weighted by molar-refractivity contribution is 4.89. The van der Waals surface area contributed by atoms with Crippen LogP contribution >= 0.6 is 0 Å². The van der Waals surface area contributed by atoms with Crippen molar-refractivity contribution in [3.05, 3.63) is 0 Å². The van der Waals surface area contributed by atoms with E-state index in [4.69, 9.17) is 4.74 Å². The van der Waals surface area contributed by atoms with Crippen molar-refractivity contribution in [3.8, 4) is 0 Å². The van der Waals surface area contributed by atoms with Crippen molar-refractivity contribution in [3.63, 3.8) is 0 Å². The van der Waals surface area contributed by atoms with E-state index in [1.165, 1.54) is 19.3 Å². The third kappa shape index (κ3) is 3.28. The summed E-state index contributed by atoms with van der Waals surface area (Å²) in [6, 6.07) is 0. The van der Waals surface area contributed by atoms with E-state index in [0.717, 1.165) is 25.6 Å². The molecule has 0 amide bonds. The average Bonchev–Trinajstić information content (AvgIpc) is 1.99. The summed E-state index contributed by atoms with van der Waals surface area (Å²) in [4.78, 5) is 0. The van der Waals surface area contributed by atoms with E-state index < -0.39 is 0 Å². The Kier molecular flexibility index (Phi) is 4.20. The van der Waals surface area contributed by atoms with Gasteiger partial charge >= 0.3 is 0 Å². The summed E-state index contributed by atoms with van der Waals surface area (Å²) in [6.07, 6.45) is 4.06. The molecule has 2 heteroatoms. The highest BCUT2D eigenvalue weighted by Crippen LogP contribution is 2.40. The van der Waals surface area contributed by atoms with Crippen LogP contribution in [0.5, 0.6) is 0 Å². The van der Waals surface area contributed by atoms with Crippen molar-refractivity contribution in [2.24, 2.45) is 11.3 Å². The number of methoxy groups -OCH3 is 1. The molecule has 0 radical (unpaired) electrons. The third-order valence-electron chi connectivity index (χ3n) is 2.92. The minimum atomic E-state index is 0.476. The van der Waals surface area contributed by atoms with E-state index in [9.17, 15) is 0 Å². The van der Waals surface area contributed by atoms with Crippen LogP contribution in [0.1, 0.15) is 33.1 Å². The molecule has 0 aromatic heterocycles. The zero-order valence-electron chi connectivity index (χ0n) is 9.23. The fourth-order valence-electron chi connectivity index (χ4n) is 1.98. The number of ether oxygens (including phenoxy) is 1. The van der Waals surface area contributed by atoms with E-state index in [1.807, 2.05) is 7.11 Å². The average molecular weight is 185 g/mol. The monoisotopic (exact) mass is 185 g/mol. The maximum atomic E-state index is 5.27. The zero-order chi connectivity index (χ0) is 9.73. The van der Waals surface area contributed by atoms with Crippen molar-refractivity contribution < 1.29 is 4.74 Å². The lowest BCUT2D eigenvalue weighted by atomic mass is 9.69. The normalized spacial score (nSPS) is 20.3. The molecule has 1 fully saturated rings. The Bertz CT molecular complexity index is 141. The molecule has 1 N–H and O–H groups in total. The Morgan fingerprint density at radius 2 is 2.08 bits per heavy atom. The highest BCUT2D eigenvalue weighted by atomic mass is 16.5. The van der Waals surface area contributed by atoms with Crippen molar-refractivity contribution >= 4 is 0 Å². The molecule has 13 heavy (non-hydrogen) atoms. The van der Waals surface area contributed by atoms with Crippen LogP contribution in [0.2, 0.25) is 0 Å². The summed E-state index contributed by atoms with van der Waals surface area (Å²) in [5.74, 6) is 0.750. The summed E-state index contributed by atoms with van der Waals surface area (Å²) in [7, 11) is 1.81. The molecular weight excluding hydrogens is 162 g/mol. The fourth-order valence-corrected chi connectivity index (χ4v) is 1.98. The predicted octanol–water partition coefficient (Wildman–Crippen LogP) is 2.05. The van der Waals surface area contributed by atoms with Gasteiger partial charge in [-0.3, -0.25) is 0 Å². The van der Waals surface area contributed by atoms with Gasteiger partial charge in [-0.2, -0.15) is 0 Å². The molecule has 1 aliphatic rings. The van der Waals surface area contributed by atoms with Gasteiger partial charge in [-0.05, 0) is 25.3 Å². The van der Waals surface area contributed by atoms with Crippen molar-refractivity contribution in [2.75, 3.05) is 26.8 Å². The molecule has 0 aliphatic heterocycles. The van der Waals surface area contributed by atoms with Crippen LogP contribution in [-0.4, -0.2) is 26.8 Å². The molecule has 0 bridgehead atoms. The lowest BCUT2D eigenvalue weighted by Gasteiger charge is -2.41. The molecule has 2 nitrogen and oxygen atoms in total. The Morgan fingerprint density at radius 3 is 2.46 bits per heavy atom. The Labute approximate surface area is 82.0 Å². The van der Waals surface area contributed by atoms with Crippen molar-refractivity contribution in [2.45, 2.75) is 33.1 Å². The van der Waals surface area contributed by atoms with E-state index in [2.05, 4.69) is 19.2 Å². The Morgan fingerprint density at radius 1 is 1.38 bits per heavy atom. The molecule has 0 aromatic carbocycles. The molecule has 0 unspecified atom stereocenters. The summed E-state index contributed by atoms with van der Waals surface area (Å²) < 4.78 is 5.27. The quantitative estimate of drug-likeness (QED) is 0.684. The number of hydrogen-bond acceptors (Lipinski definition) is 2. The van der Waals surface area contributed by atoms with E-state index in [0.29, 0.717) is 5.41 Å². The molecule has 0 saturated heterocycles. The first-order valence-corrected chi connectivity index (χ1v) is 5.38. The predicted molar refractivity (Wildman–Crippen MR) is 55.9 cm³/mol. The lowest BCUT2D eigenvalue weighted by Crippen LogP contribution is -2.44. The van der Waals surface area contributed by atoms with Gasteiger partial charge in [0.2, 0.25) is 0 Å². The van der Waals surface area contributed by atoms with Gasteiger partial charge in [0.1, 0.15) is 0 Å². The van der Waals surface area contributed by atoms with E-state index in [-0.39, 0.29) is 0 Å². The number of rotatable bonds is 6. The van der Waals surface area contributed by atoms with Gasteiger partial charge in [0.25, 0.3) is 0 Å². The van der Waals surface area contributed by atoms with Crippen LogP contribution < -0.4 is 5.32 Å². The minimum Gasteiger partial charge on any atom is -0.384 e. The highest BCUT2D eigenvalue weighted by Gasteiger charge is 2.36. The van der Waals surface area contributed by atoms with Crippen LogP contribution in [0.25, 0.3) is 0 Å². The van der Waals surface area contributed by atoms with Gasteiger partial charge in [0.15, 0.2) is 0 Å².